The van der Waals surface area contributed by atoms with Crippen molar-refractivity contribution < 1.29 is 4.42 Å². The van der Waals surface area contributed by atoms with E-state index in [-0.39, 0.29) is 6.04 Å². The quantitative estimate of drug-likeness (QED) is 0.886. The molecule has 2 aromatic heterocycles. The number of hydrogen-bond acceptors (Lipinski definition) is 4. The molecule has 2 rings (SSSR count). The molecule has 0 saturated heterocycles. The minimum Gasteiger partial charge on any atom is -0.462 e. The van der Waals surface area contributed by atoms with Gasteiger partial charge in [-0.25, -0.2) is 4.98 Å². The molecule has 0 fully saturated rings. The Balaban J connectivity index is 2.47. The minimum absolute atomic E-state index is 0.0265. The van der Waals surface area contributed by atoms with Crippen molar-refractivity contribution in [3.63, 3.8) is 0 Å². The summed E-state index contributed by atoms with van der Waals surface area (Å²) in [4.78, 5) is 5.77. The second-order valence-electron chi connectivity index (χ2n) is 4.19. The van der Waals surface area contributed by atoms with Gasteiger partial charge in [-0.1, -0.05) is 13.8 Å². The Morgan fingerprint density at radius 1 is 1.38 bits per heavy atom. The number of hydrogen-bond donors (Lipinski definition) is 1. The average Bonchev–Trinajstić information content (AvgIpc) is 2.86. The second-order valence-corrected chi connectivity index (χ2v) is 5.22. The lowest BCUT2D eigenvalue weighted by Gasteiger charge is -2.07. The fourth-order valence-electron chi connectivity index (χ4n) is 1.59. The monoisotopic (exact) mass is 236 g/mol. The van der Waals surface area contributed by atoms with Crippen molar-refractivity contribution >= 4 is 11.3 Å². The molecule has 0 saturated carbocycles. The first-order chi connectivity index (χ1) is 7.59. The van der Waals surface area contributed by atoms with Crippen LogP contribution >= 0.6 is 11.3 Å². The molecule has 2 heterocycles. The zero-order chi connectivity index (χ0) is 11.7. The smallest absolute Gasteiger partial charge is 0.162 e. The number of thiazole rings is 1. The minimum atomic E-state index is 0.0265. The van der Waals surface area contributed by atoms with Crippen molar-refractivity contribution in [2.45, 2.75) is 32.7 Å². The molecule has 16 heavy (non-hydrogen) atoms. The van der Waals surface area contributed by atoms with E-state index in [1.165, 1.54) is 0 Å². The van der Waals surface area contributed by atoms with Gasteiger partial charge in [0, 0.05) is 10.9 Å². The number of rotatable bonds is 3. The molecule has 86 valence electrons. The molecule has 0 aliphatic heterocycles. The third-order valence-corrected chi connectivity index (χ3v) is 3.66. The van der Waals surface area contributed by atoms with Gasteiger partial charge in [-0.2, -0.15) is 0 Å². The SMILES string of the molecule is CC(C)c1nc(-c2ccco2)sc1C(C)N. The Kier molecular flexibility index (Phi) is 3.12. The van der Waals surface area contributed by atoms with Gasteiger partial charge in [0.25, 0.3) is 0 Å². The van der Waals surface area contributed by atoms with E-state index in [1.54, 1.807) is 17.6 Å². The molecule has 0 spiro atoms. The maximum Gasteiger partial charge on any atom is 0.162 e. The molecule has 0 radical (unpaired) electrons. The lowest BCUT2D eigenvalue weighted by Crippen LogP contribution is -2.06. The molecule has 0 bridgehead atoms. The normalized spacial score (nSPS) is 13.3. The number of nitrogens with zero attached hydrogens (tertiary/aromatic N) is 1. The number of aromatic nitrogens is 1. The molecule has 1 atom stereocenters. The highest BCUT2D eigenvalue weighted by atomic mass is 32.1. The Bertz CT molecular complexity index is 432. The Labute approximate surface area is 99.3 Å². The van der Waals surface area contributed by atoms with Crippen LogP contribution in [-0.4, -0.2) is 4.98 Å². The van der Waals surface area contributed by atoms with Crippen LogP contribution in [0, 0.1) is 0 Å². The van der Waals surface area contributed by atoms with Crippen LogP contribution in [0.25, 0.3) is 10.8 Å². The van der Waals surface area contributed by atoms with E-state index in [9.17, 15) is 0 Å². The van der Waals surface area contributed by atoms with E-state index in [4.69, 9.17) is 10.2 Å². The molecular formula is C12H16N2OS. The van der Waals surface area contributed by atoms with Gasteiger partial charge in [0.2, 0.25) is 0 Å². The van der Waals surface area contributed by atoms with Gasteiger partial charge in [-0.3, -0.25) is 0 Å². The summed E-state index contributed by atoms with van der Waals surface area (Å²) >= 11 is 1.62. The van der Waals surface area contributed by atoms with Crippen LogP contribution in [0.5, 0.6) is 0 Å². The zero-order valence-corrected chi connectivity index (χ0v) is 10.5. The molecule has 2 aromatic rings. The van der Waals surface area contributed by atoms with Crippen LogP contribution < -0.4 is 5.73 Å². The summed E-state index contributed by atoms with van der Waals surface area (Å²) < 4.78 is 5.35. The van der Waals surface area contributed by atoms with Crippen LogP contribution in [-0.2, 0) is 0 Å². The van der Waals surface area contributed by atoms with Gasteiger partial charge in [-0.05, 0) is 25.0 Å². The molecule has 0 aromatic carbocycles. The fourth-order valence-corrected chi connectivity index (χ4v) is 2.73. The third kappa shape index (κ3) is 2.03. The Morgan fingerprint density at radius 2 is 2.12 bits per heavy atom. The van der Waals surface area contributed by atoms with E-state index in [2.05, 4.69) is 18.8 Å². The van der Waals surface area contributed by atoms with Gasteiger partial charge >= 0.3 is 0 Å². The van der Waals surface area contributed by atoms with Crippen molar-refractivity contribution in [1.29, 1.82) is 0 Å². The summed E-state index contributed by atoms with van der Waals surface area (Å²) in [6, 6.07) is 3.82. The maximum absolute atomic E-state index is 5.96. The summed E-state index contributed by atoms with van der Waals surface area (Å²) in [7, 11) is 0. The second kappa shape index (κ2) is 4.39. The topological polar surface area (TPSA) is 52.0 Å². The zero-order valence-electron chi connectivity index (χ0n) is 9.73. The number of nitrogens with two attached hydrogens (primary N) is 1. The molecular weight excluding hydrogens is 220 g/mol. The fraction of sp³-hybridized carbons (Fsp3) is 0.417. The molecule has 2 N–H and O–H groups in total. The molecule has 4 heteroatoms. The van der Waals surface area contributed by atoms with Gasteiger partial charge in [-0.15, -0.1) is 11.3 Å². The van der Waals surface area contributed by atoms with Crippen molar-refractivity contribution in [1.82, 2.24) is 4.98 Å². The van der Waals surface area contributed by atoms with Crippen LogP contribution in [0.2, 0.25) is 0 Å². The predicted molar refractivity (Wildman–Crippen MR) is 66.5 cm³/mol. The van der Waals surface area contributed by atoms with Crippen molar-refractivity contribution in [2.75, 3.05) is 0 Å². The van der Waals surface area contributed by atoms with Crippen LogP contribution in [0.4, 0.5) is 0 Å². The van der Waals surface area contributed by atoms with E-state index in [0.29, 0.717) is 5.92 Å². The Hall–Kier alpha value is -1.13. The first kappa shape index (κ1) is 11.4. The first-order valence-corrected chi connectivity index (χ1v) is 6.21. The van der Waals surface area contributed by atoms with Crippen LogP contribution in [0.15, 0.2) is 22.8 Å². The van der Waals surface area contributed by atoms with Gasteiger partial charge in [0.15, 0.2) is 10.8 Å². The van der Waals surface area contributed by atoms with E-state index in [1.807, 2.05) is 19.1 Å². The Morgan fingerprint density at radius 3 is 2.56 bits per heavy atom. The molecule has 1 unspecified atom stereocenters. The van der Waals surface area contributed by atoms with E-state index < -0.39 is 0 Å². The molecule has 0 amide bonds. The summed E-state index contributed by atoms with van der Waals surface area (Å²) in [5.41, 5.74) is 7.05. The van der Waals surface area contributed by atoms with E-state index in [0.717, 1.165) is 21.3 Å². The predicted octanol–water partition coefficient (Wildman–Crippen LogP) is 3.55. The van der Waals surface area contributed by atoms with Gasteiger partial charge in [0.05, 0.1) is 12.0 Å². The highest BCUT2D eigenvalue weighted by Gasteiger charge is 2.18. The highest BCUT2D eigenvalue weighted by molar-refractivity contribution is 7.15. The van der Waals surface area contributed by atoms with Gasteiger partial charge in [0.1, 0.15) is 0 Å². The van der Waals surface area contributed by atoms with Gasteiger partial charge < -0.3 is 10.2 Å². The largest absolute Gasteiger partial charge is 0.462 e. The number of furan rings is 1. The van der Waals surface area contributed by atoms with Crippen molar-refractivity contribution in [2.24, 2.45) is 5.73 Å². The average molecular weight is 236 g/mol. The molecule has 3 nitrogen and oxygen atoms in total. The maximum atomic E-state index is 5.96. The van der Waals surface area contributed by atoms with Crippen molar-refractivity contribution in [3.05, 3.63) is 29.0 Å². The lowest BCUT2D eigenvalue weighted by molar-refractivity contribution is 0.581. The summed E-state index contributed by atoms with van der Waals surface area (Å²) in [5.74, 6) is 1.21. The first-order valence-electron chi connectivity index (χ1n) is 5.39. The summed E-state index contributed by atoms with van der Waals surface area (Å²) in [5, 5.41) is 0.918. The van der Waals surface area contributed by atoms with Crippen LogP contribution in [0.3, 0.4) is 0 Å². The standard InChI is InChI=1S/C12H16N2OS/c1-7(2)10-11(8(3)13)16-12(14-10)9-5-4-6-15-9/h4-8H,13H2,1-3H3. The summed E-state index contributed by atoms with van der Waals surface area (Å²) in [6.45, 7) is 6.25. The lowest BCUT2D eigenvalue weighted by atomic mass is 10.1. The molecule has 0 aliphatic rings. The third-order valence-electron chi connectivity index (χ3n) is 2.37. The van der Waals surface area contributed by atoms with Crippen LogP contribution in [0.1, 0.15) is 43.3 Å². The highest BCUT2D eigenvalue weighted by Crippen LogP contribution is 2.34. The van der Waals surface area contributed by atoms with E-state index >= 15 is 0 Å². The summed E-state index contributed by atoms with van der Waals surface area (Å²) in [6.07, 6.45) is 1.66. The van der Waals surface area contributed by atoms with Crippen molar-refractivity contribution in [3.8, 4) is 10.8 Å². The molecule has 0 aliphatic carbocycles.